The van der Waals surface area contributed by atoms with Crippen LogP contribution in [-0.4, -0.2) is 23.6 Å². The number of benzene rings is 2. The summed E-state index contributed by atoms with van der Waals surface area (Å²) in [7, 11) is 0. The second kappa shape index (κ2) is 9.48. The number of nitro groups is 1. The topological polar surface area (TPSA) is 110 Å². The number of carbonyl (C=O) groups excluding carboxylic acids is 1. The SMILES string of the molecule is O=C(CNc1ccc(Br)cc1)N/N=C\c1ccc(-c2ccc([N+](=O)[O-])cc2Br)o1. The number of amides is 1. The van der Waals surface area contributed by atoms with Crippen LogP contribution in [0.15, 0.2) is 73.1 Å². The number of nitrogens with zero attached hydrogens (tertiary/aromatic N) is 2. The fraction of sp³-hybridized carbons (Fsp3) is 0.0526. The molecule has 0 radical (unpaired) electrons. The molecule has 1 heterocycles. The van der Waals surface area contributed by atoms with Gasteiger partial charge in [0.15, 0.2) is 0 Å². The number of halogens is 2. The molecule has 2 aromatic carbocycles. The van der Waals surface area contributed by atoms with Crippen molar-refractivity contribution in [3.8, 4) is 11.3 Å². The Hall–Kier alpha value is -2.98. The van der Waals surface area contributed by atoms with Crippen LogP contribution in [0.3, 0.4) is 0 Å². The second-order valence-electron chi connectivity index (χ2n) is 5.78. The van der Waals surface area contributed by atoms with Gasteiger partial charge in [-0.2, -0.15) is 5.10 Å². The lowest BCUT2D eigenvalue weighted by atomic mass is 10.1. The maximum Gasteiger partial charge on any atom is 0.270 e. The number of carbonyl (C=O) groups is 1. The van der Waals surface area contributed by atoms with E-state index in [0.717, 1.165) is 10.2 Å². The molecule has 0 bridgehead atoms. The molecule has 0 atom stereocenters. The standard InChI is InChI=1S/C19H14Br2N4O4/c20-12-1-3-13(4-2-12)22-11-19(26)24-23-10-15-6-8-18(29-15)16-7-5-14(25(27)28)9-17(16)21/h1-10,22H,11H2,(H,24,26)/b23-10-. The number of anilines is 1. The summed E-state index contributed by atoms with van der Waals surface area (Å²) in [5.74, 6) is 0.622. The first-order valence-electron chi connectivity index (χ1n) is 8.28. The number of nitrogens with one attached hydrogen (secondary N) is 2. The van der Waals surface area contributed by atoms with Gasteiger partial charge in [-0.3, -0.25) is 14.9 Å². The van der Waals surface area contributed by atoms with Crippen LogP contribution in [0.4, 0.5) is 11.4 Å². The van der Waals surface area contributed by atoms with Crippen LogP contribution in [0.25, 0.3) is 11.3 Å². The van der Waals surface area contributed by atoms with Crippen molar-refractivity contribution < 1.29 is 14.1 Å². The van der Waals surface area contributed by atoms with E-state index in [-0.39, 0.29) is 18.1 Å². The highest BCUT2D eigenvalue weighted by molar-refractivity contribution is 9.10. The molecule has 8 nitrogen and oxygen atoms in total. The van der Waals surface area contributed by atoms with Gasteiger partial charge in [0.2, 0.25) is 0 Å². The zero-order chi connectivity index (χ0) is 20.8. The fourth-order valence-corrected chi connectivity index (χ4v) is 3.17. The molecule has 2 N–H and O–H groups in total. The quantitative estimate of drug-likeness (QED) is 0.260. The Bertz CT molecular complexity index is 1060. The van der Waals surface area contributed by atoms with Crippen LogP contribution < -0.4 is 10.7 Å². The number of rotatable bonds is 7. The molecule has 3 rings (SSSR count). The third-order valence-electron chi connectivity index (χ3n) is 3.73. The summed E-state index contributed by atoms with van der Waals surface area (Å²) in [4.78, 5) is 22.2. The third-order valence-corrected chi connectivity index (χ3v) is 4.92. The van der Waals surface area contributed by atoms with E-state index >= 15 is 0 Å². The van der Waals surface area contributed by atoms with Crippen LogP contribution in [0, 0.1) is 10.1 Å². The van der Waals surface area contributed by atoms with Crippen LogP contribution in [0.1, 0.15) is 5.76 Å². The van der Waals surface area contributed by atoms with Gasteiger partial charge in [0.25, 0.3) is 11.6 Å². The fourth-order valence-electron chi connectivity index (χ4n) is 2.34. The summed E-state index contributed by atoms with van der Waals surface area (Å²) in [5, 5.41) is 17.7. The third kappa shape index (κ3) is 5.75. The lowest BCUT2D eigenvalue weighted by Gasteiger charge is -2.04. The van der Waals surface area contributed by atoms with Crippen molar-refractivity contribution in [2.75, 3.05) is 11.9 Å². The van der Waals surface area contributed by atoms with Crippen molar-refractivity contribution in [2.24, 2.45) is 5.10 Å². The minimum absolute atomic E-state index is 0.0200. The van der Waals surface area contributed by atoms with Gasteiger partial charge < -0.3 is 9.73 Å². The zero-order valence-corrected chi connectivity index (χ0v) is 17.9. The molecule has 10 heteroatoms. The average molecular weight is 522 g/mol. The van der Waals surface area contributed by atoms with E-state index < -0.39 is 4.92 Å². The monoisotopic (exact) mass is 520 g/mol. The van der Waals surface area contributed by atoms with Crippen LogP contribution in [0.2, 0.25) is 0 Å². The summed E-state index contributed by atoms with van der Waals surface area (Å²) in [6, 6.07) is 15.2. The average Bonchev–Trinajstić information content (AvgIpc) is 3.16. The Morgan fingerprint density at radius 1 is 1.14 bits per heavy atom. The van der Waals surface area contributed by atoms with Crippen molar-refractivity contribution in [2.45, 2.75) is 0 Å². The summed E-state index contributed by atoms with van der Waals surface area (Å²) < 4.78 is 7.15. The Labute approximate surface area is 182 Å². The number of hydrogen-bond acceptors (Lipinski definition) is 6. The first kappa shape index (κ1) is 20.7. The first-order chi connectivity index (χ1) is 13.9. The van der Waals surface area contributed by atoms with E-state index in [0.29, 0.717) is 21.6 Å². The van der Waals surface area contributed by atoms with Crippen molar-refractivity contribution >= 4 is 55.4 Å². The molecule has 148 valence electrons. The largest absolute Gasteiger partial charge is 0.455 e. The Balaban J connectivity index is 1.55. The van der Waals surface area contributed by atoms with Crippen LogP contribution >= 0.6 is 31.9 Å². The van der Waals surface area contributed by atoms with Gasteiger partial charge in [0, 0.05) is 32.3 Å². The van der Waals surface area contributed by atoms with E-state index in [4.69, 9.17) is 4.42 Å². The van der Waals surface area contributed by atoms with Gasteiger partial charge in [0.1, 0.15) is 11.5 Å². The zero-order valence-electron chi connectivity index (χ0n) is 14.8. The Morgan fingerprint density at radius 3 is 2.59 bits per heavy atom. The van der Waals surface area contributed by atoms with Gasteiger partial charge in [-0.05, 0) is 58.4 Å². The molecule has 0 spiro atoms. The van der Waals surface area contributed by atoms with Gasteiger partial charge in [-0.1, -0.05) is 15.9 Å². The highest BCUT2D eigenvalue weighted by atomic mass is 79.9. The summed E-state index contributed by atoms with van der Waals surface area (Å²) in [6.45, 7) is 0.0676. The minimum Gasteiger partial charge on any atom is -0.455 e. The molecule has 0 aliphatic heterocycles. The molecule has 1 aromatic heterocycles. The predicted octanol–water partition coefficient (Wildman–Crippen LogP) is 4.94. The lowest BCUT2D eigenvalue weighted by Crippen LogP contribution is -2.25. The normalized spacial score (nSPS) is 10.8. The van der Waals surface area contributed by atoms with E-state index in [9.17, 15) is 14.9 Å². The van der Waals surface area contributed by atoms with E-state index in [1.807, 2.05) is 24.3 Å². The number of non-ortho nitro benzene ring substituents is 1. The number of nitro benzene ring substituents is 1. The molecule has 3 aromatic rings. The van der Waals surface area contributed by atoms with E-state index in [1.54, 1.807) is 18.2 Å². The molecule has 0 aliphatic rings. The molecular formula is C19H14Br2N4O4. The number of hydrazone groups is 1. The van der Waals surface area contributed by atoms with Gasteiger partial charge in [-0.15, -0.1) is 0 Å². The highest BCUT2D eigenvalue weighted by Gasteiger charge is 2.13. The van der Waals surface area contributed by atoms with Gasteiger partial charge >= 0.3 is 0 Å². The maximum atomic E-state index is 11.8. The number of hydrogen-bond donors (Lipinski definition) is 2. The van der Waals surface area contributed by atoms with Crippen molar-refractivity contribution in [3.05, 3.63) is 79.4 Å². The molecule has 29 heavy (non-hydrogen) atoms. The number of furan rings is 1. The van der Waals surface area contributed by atoms with Crippen molar-refractivity contribution in [1.29, 1.82) is 0 Å². The highest BCUT2D eigenvalue weighted by Crippen LogP contribution is 2.32. The first-order valence-corrected chi connectivity index (χ1v) is 9.86. The molecule has 0 fully saturated rings. The molecule has 0 saturated carbocycles. The van der Waals surface area contributed by atoms with Crippen LogP contribution in [0.5, 0.6) is 0 Å². The maximum absolute atomic E-state index is 11.8. The Morgan fingerprint density at radius 2 is 1.90 bits per heavy atom. The Kier molecular flexibility index (Phi) is 6.78. The summed E-state index contributed by atoms with van der Waals surface area (Å²) in [5.41, 5.74) is 3.87. The van der Waals surface area contributed by atoms with E-state index in [2.05, 4.69) is 47.7 Å². The summed E-state index contributed by atoms with van der Waals surface area (Å²) in [6.07, 6.45) is 1.38. The predicted molar refractivity (Wildman–Crippen MR) is 117 cm³/mol. The van der Waals surface area contributed by atoms with Crippen molar-refractivity contribution in [1.82, 2.24) is 5.43 Å². The molecular weight excluding hydrogens is 508 g/mol. The lowest BCUT2D eigenvalue weighted by molar-refractivity contribution is -0.384. The second-order valence-corrected chi connectivity index (χ2v) is 7.55. The molecule has 0 aliphatic carbocycles. The molecule has 1 amide bonds. The smallest absolute Gasteiger partial charge is 0.270 e. The minimum atomic E-state index is -0.469. The van der Waals surface area contributed by atoms with E-state index in [1.165, 1.54) is 18.3 Å². The van der Waals surface area contributed by atoms with Crippen LogP contribution in [-0.2, 0) is 4.79 Å². The van der Waals surface area contributed by atoms with Gasteiger partial charge in [-0.25, -0.2) is 5.43 Å². The summed E-state index contributed by atoms with van der Waals surface area (Å²) >= 11 is 6.66. The van der Waals surface area contributed by atoms with Gasteiger partial charge in [0.05, 0.1) is 17.7 Å². The molecule has 0 unspecified atom stereocenters. The van der Waals surface area contributed by atoms with Crippen molar-refractivity contribution in [3.63, 3.8) is 0 Å². The molecule has 0 saturated heterocycles.